The molecular weight excluding hydrogens is 300 g/mol. The van der Waals surface area contributed by atoms with Gasteiger partial charge in [0.15, 0.2) is 11.5 Å². The first kappa shape index (κ1) is 15.2. The van der Waals surface area contributed by atoms with Crippen LogP contribution < -0.4 is 0 Å². The summed E-state index contributed by atoms with van der Waals surface area (Å²) < 4.78 is 9.93. The lowest BCUT2D eigenvalue weighted by molar-refractivity contribution is -0.142. The second kappa shape index (κ2) is 6.21. The molecule has 0 aliphatic carbocycles. The molecule has 2 aromatic rings. The summed E-state index contributed by atoms with van der Waals surface area (Å²) in [7, 11) is 1.51. The van der Waals surface area contributed by atoms with Crippen molar-refractivity contribution in [2.75, 3.05) is 7.11 Å². The van der Waals surface area contributed by atoms with Gasteiger partial charge in [0.25, 0.3) is 5.91 Å². The molecule has 1 atom stereocenters. The van der Waals surface area contributed by atoms with Gasteiger partial charge in [0, 0.05) is 26.1 Å². The molecule has 0 bridgehead atoms. The standard InChI is InChI=1S/C16H16N2O5/c1-22-9-12-7-13(17-23-12)15(19)18-8-11-5-3-2-4-10(11)6-14(18)16(20)21/h2-5,7,14H,6,8-9H2,1H3,(H,20,21)/t14-/m0/s1. The second-order valence-electron chi connectivity index (χ2n) is 5.37. The van der Waals surface area contributed by atoms with Crippen LogP contribution in [0.1, 0.15) is 27.4 Å². The van der Waals surface area contributed by atoms with Crippen LogP contribution in [0.25, 0.3) is 0 Å². The van der Waals surface area contributed by atoms with E-state index in [0.29, 0.717) is 5.76 Å². The number of carbonyl (C=O) groups is 2. The van der Waals surface area contributed by atoms with Crippen LogP contribution in [-0.2, 0) is 29.1 Å². The number of carboxylic acid groups (broad SMARTS) is 1. The SMILES string of the molecule is COCc1cc(C(=O)N2Cc3ccccc3C[C@H]2C(=O)O)no1. The van der Waals surface area contributed by atoms with Gasteiger partial charge in [-0.05, 0) is 11.1 Å². The van der Waals surface area contributed by atoms with E-state index in [2.05, 4.69) is 5.16 Å². The number of carbonyl (C=O) groups excluding carboxylic acids is 1. The predicted molar refractivity (Wildman–Crippen MR) is 78.7 cm³/mol. The Bertz CT molecular complexity index is 740. The van der Waals surface area contributed by atoms with Gasteiger partial charge in [-0.15, -0.1) is 0 Å². The Morgan fingerprint density at radius 3 is 2.83 bits per heavy atom. The molecule has 1 N–H and O–H groups in total. The average Bonchev–Trinajstić information content (AvgIpc) is 3.02. The molecular formula is C16H16N2O5. The van der Waals surface area contributed by atoms with Gasteiger partial charge >= 0.3 is 5.97 Å². The Balaban J connectivity index is 1.89. The van der Waals surface area contributed by atoms with Crippen molar-refractivity contribution in [1.82, 2.24) is 10.1 Å². The van der Waals surface area contributed by atoms with E-state index in [9.17, 15) is 14.7 Å². The topological polar surface area (TPSA) is 92.9 Å². The number of carboxylic acids is 1. The van der Waals surface area contributed by atoms with Crippen LogP contribution >= 0.6 is 0 Å². The highest BCUT2D eigenvalue weighted by Crippen LogP contribution is 2.25. The first-order chi connectivity index (χ1) is 11.1. The first-order valence-corrected chi connectivity index (χ1v) is 7.15. The quantitative estimate of drug-likeness (QED) is 0.918. The molecule has 120 valence electrons. The number of benzene rings is 1. The molecule has 0 fully saturated rings. The van der Waals surface area contributed by atoms with Gasteiger partial charge in [0.1, 0.15) is 12.6 Å². The van der Waals surface area contributed by atoms with Crippen molar-refractivity contribution in [3.8, 4) is 0 Å². The van der Waals surface area contributed by atoms with E-state index in [1.807, 2.05) is 24.3 Å². The Morgan fingerprint density at radius 1 is 1.39 bits per heavy atom. The van der Waals surface area contributed by atoms with Gasteiger partial charge < -0.3 is 19.3 Å². The highest BCUT2D eigenvalue weighted by atomic mass is 16.5. The number of hydrogen-bond acceptors (Lipinski definition) is 5. The zero-order valence-corrected chi connectivity index (χ0v) is 12.6. The van der Waals surface area contributed by atoms with Crippen molar-refractivity contribution in [1.29, 1.82) is 0 Å². The summed E-state index contributed by atoms with van der Waals surface area (Å²) in [4.78, 5) is 25.5. The fourth-order valence-electron chi connectivity index (χ4n) is 2.73. The van der Waals surface area contributed by atoms with Gasteiger partial charge in [0.2, 0.25) is 0 Å². The fourth-order valence-corrected chi connectivity index (χ4v) is 2.73. The van der Waals surface area contributed by atoms with E-state index in [1.54, 1.807) is 0 Å². The maximum absolute atomic E-state index is 12.6. The summed E-state index contributed by atoms with van der Waals surface area (Å²) >= 11 is 0. The number of amides is 1. The van der Waals surface area contributed by atoms with Crippen LogP contribution in [0.15, 0.2) is 34.9 Å². The number of fused-ring (bicyclic) bond motifs is 1. The van der Waals surface area contributed by atoms with Crippen molar-refractivity contribution in [3.63, 3.8) is 0 Å². The highest BCUT2D eigenvalue weighted by molar-refractivity contribution is 5.95. The molecule has 1 aliphatic rings. The molecule has 1 aromatic carbocycles. The minimum Gasteiger partial charge on any atom is -0.480 e. The number of ether oxygens (including phenoxy) is 1. The van der Waals surface area contributed by atoms with Crippen LogP contribution in [0.4, 0.5) is 0 Å². The molecule has 1 aromatic heterocycles. The Morgan fingerprint density at radius 2 is 2.13 bits per heavy atom. The Labute approximate surface area is 132 Å². The van der Waals surface area contributed by atoms with E-state index < -0.39 is 17.9 Å². The third kappa shape index (κ3) is 2.95. The lowest BCUT2D eigenvalue weighted by Gasteiger charge is -2.33. The van der Waals surface area contributed by atoms with Gasteiger partial charge in [-0.25, -0.2) is 4.79 Å². The average molecular weight is 316 g/mol. The smallest absolute Gasteiger partial charge is 0.326 e. The number of nitrogens with zero attached hydrogens (tertiary/aromatic N) is 2. The lowest BCUT2D eigenvalue weighted by Crippen LogP contribution is -2.48. The Hall–Kier alpha value is -2.67. The molecule has 2 heterocycles. The van der Waals surface area contributed by atoms with Crippen LogP contribution in [0, 0.1) is 0 Å². The van der Waals surface area contributed by atoms with Crippen molar-refractivity contribution in [3.05, 3.63) is 52.9 Å². The minimum atomic E-state index is -1.03. The molecule has 0 radical (unpaired) electrons. The zero-order valence-electron chi connectivity index (χ0n) is 12.6. The Kier molecular flexibility index (Phi) is 4.12. The monoisotopic (exact) mass is 316 g/mol. The second-order valence-corrected chi connectivity index (χ2v) is 5.37. The maximum Gasteiger partial charge on any atom is 0.326 e. The molecule has 1 amide bonds. The summed E-state index contributed by atoms with van der Waals surface area (Å²) in [5.41, 5.74) is 1.98. The summed E-state index contributed by atoms with van der Waals surface area (Å²) in [5.74, 6) is -1.08. The van der Waals surface area contributed by atoms with E-state index >= 15 is 0 Å². The molecule has 1 aliphatic heterocycles. The van der Waals surface area contributed by atoms with Crippen LogP contribution in [-0.4, -0.2) is 40.2 Å². The molecule has 3 rings (SSSR count). The maximum atomic E-state index is 12.6. The third-order valence-corrected chi connectivity index (χ3v) is 3.86. The van der Waals surface area contributed by atoms with Crippen molar-refractivity contribution in [2.24, 2.45) is 0 Å². The van der Waals surface area contributed by atoms with E-state index in [4.69, 9.17) is 9.26 Å². The summed E-state index contributed by atoms with van der Waals surface area (Å²) in [5, 5.41) is 13.2. The number of hydrogen-bond donors (Lipinski definition) is 1. The number of aliphatic carboxylic acids is 1. The molecule has 23 heavy (non-hydrogen) atoms. The molecule has 0 spiro atoms. The van der Waals surface area contributed by atoms with E-state index in [-0.39, 0.29) is 25.3 Å². The summed E-state index contributed by atoms with van der Waals surface area (Å²) in [6.07, 6.45) is 0.278. The molecule has 0 unspecified atom stereocenters. The first-order valence-electron chi connectivity index (χ1n) is 7.15. The van der Waals surface area contributed by atoms with Gasteiger partial charge in [-0.1, -0.05) is 29.4 Å². The van der Waals surface area contributed by atoms with Gasteiger partial charge in [-0.3, -0.25) is 4.79 Å². The summed E-state index contributed by atoms with van der Waals surface area (Å²) in [6.45, 7) is 0.434. The number of methoxy groups -OCH3 is 1. The van der Waals surface area contributed by atoms with Crippen LogP contribution in [0.5, 0.6) is 0 Å². The molecule has 0 saturated carbocycles. The fraction of sp³-hybridized carbons (Fsp3) is 0.312. The van der Waals surface area contributed by atoms with E-state index in [0.717, 1.165) is 11.1 Å². The third-order valence-electron chi connectivity index (χ3n) is 3.86. The normalized spacial score (nSPS) is 16.9. The largest absolute Gasteiger partial charge is 0.480 e. The highest BCUT2D eigenvalue weighted by Gasteiger charge is 2.36. The predicted octanol–water partition coefficient (Wildman–Crippen LogP) is 1.47. The molecule has 0 saturated heterocycles. The molecule has 7 heteroatoms. The number of rotatable bonds is 4. The number of aromatic nitrogens is 1. The molecule has 7 nitrogen and oxygen atoms in total. The van der Waals surface area contributed by atoms with Crippen molar-refractivity contribution < 1.29 is 24.0 Å². The van der Waals surface area contributed by atoms with Gasteiger partial charge in [-0.2, -0.15) is 0 Å². The van der Waals surface area contributed by atoms with Crippen LogP contribution in [0.2, 0.25) is 0 Å². The van der Waals surface area contributed by atoms with Crippen molar-refractivity contribution >= 4 is 11.9 Å². The zero-order chi connectivity index (χ0) is 16.4. The van der Waals surface area contributed by atoms with E-state index in [1.165, 1.54) is 18.1 Å². The summed E-state index contributed by atoms with van der Waals surface area (Å²) in [6, 6.07) is 8.08. The van der Waals surface area contributed by atoms with Gasteiger partial charge in [0.05, 0.1) is 0 Å². The lowest BCUT2D eigenvalue weighted by atomic mass is 9.93. The minimum absolute atomic E-state index is 0.0858. The van der Waals surface area contributed by atoms with Crippen LogP contribution in [0.3, 0.4) is 0 Å². The van der Waals surface area contributed by atoms with Crippen molar-refractivity contribution in [2.45, 2.75) is 25.6 Å².